The van der Waals surface area contributed by atoms with Crippen molar-refractivity contribution in [3.63, 3.8) is 0 Å². The molecule has 2 rings (SSSR count). The SMILES string of the molecule is CCCn1cc(-c2cncn2CC(C)(C)N)cn1. The Morgan fingerprint density at radius 3 is 2.78 bits per heavy atom. The van der Waals surface area contributed by atoms with Gasteiger partial charge in [-0.15, -0.1) is 0 Å². The van der Waals surface area contributed by atoms with E-state index in [1.165, 1.54) is 0 Å². The smallest absolute Gasteiger partial charge is 0.0951 e. The maximum atomic E-state index is 6.06. The normalized spacial score (nSPS) is 12.0. The van der Waals surface area contributed by atoms with E-state index in [4.69, 9.17) is 5.73 Å². The number of rotatable bonds is 5. The van der Waals surface area contributed by atoms with Gasteiger partial charge in [-0.25, -0.2) is 4.98 Å². The molecule has 0 amide bonds. The zero-order valence-electron chi connectivity index (χ0n) is 11.3. The van der Waals surface area contributed by atoms with Gasteiger partial charge >= 0.3 is 0 Å². The van der Waals surface area contributed by atoms with Gasteiger partial charge in [0.1, 0.15) is 0 Å². The summed E-state index contributed by atoms with van der Waals surface area (Å²) in [4.78, 5) is 4.21. The van der Waals surface area contributed by atoms with Gasteiger partial charge in [-0.3, -0.25) is 4.68 Å². The van der Waals surface area contributed by atoms with E-state index in [2.05, 4.69) is 27.8 Å². The highest BCUT2D eigenvalue weighted by atomic mass is 15.3. The van der Waals surface area contributed by atoms with Crippen LogP contribution in [-0.2, 0) is 13.1 Å². The molecule has 0 aliphatic heterocycles. The molecule has 5 nitrogen and oxygen atoms in total. The van der Waals surface area contributed by atoms with Crippen molar-refractivity contribution >= 4 is 0 Å². The molecule has 0 atom stereocenters. The second-order valence-corrected chi connectivity index (χ2v) is 5.39. The second kappa shape index (κ2) is 4.94. The molecular weight excluding hydrogens is 226 g/mol. The molecule has 2 aromatic rings. The highest BCUT2D eigenvalue weighted by Crippen LogP contribution is 2.19. The lowest BCUT2D eigenvalue weighted by atomic mass is 10.1. The molecular formula is C13H21N5. The van der Waals surface area contributed by atoms with Gasteiger partial charge in [0.05, 0.1) is 24.4 Å². The van der Waals surface area contributed by atoms with Crippen LogP contribution in [0.1, 0.15) is 27.2 Å². The Bertz CT molecular complexity index is 503. The van der Waals surface area contributed by atoms with Crippen molar-refractivity contribution in [2.24, 2.45) is 5.73 Å². The second-order valence-electron chi connectivity index (χ2n) is 5.39. The average Bonchev–Trinajstić information content (AvgIpc) is 2.85. The van der Waals surface area contributed by atoms with E-state index in [9.17, 15) is 0 Å². The summed E-state index contributed by atoms with van der Waals surface area (Å²) in [5.74, 6) is 0. The quantitative estimate of drug-likeness (QED) is 0.877. The first-order valence-electron chi connectivity index (χ1n) is 6.31. The van der Waals surface area contributed by atoms with Crippen LogP contribution in [0.25, 0.3) is 11.3 Å². The van der Waals surface area contributed by atoms with Gasteiger partial charge in [0.15, 0.2) is 0 Å². The third-order valence-corrected chi connectivity index (χ3v) is 2.67. The number of nitrogens with zero attached hydrogens (tertiary/aromatic N) is 4. The molecule has 2 heterocycles. The zero-order valence-corrected chi connectivity index (χ0v) is 11.3. The Balaban J connectivity index is 2.24. The summed E-state index contributed by atoms with van der Waals surface area (Å²) in [5, 5.41) is 4.34. The largest absolute Gasteiger partial charge is 0.329 e. The molecule has 0 fully saturated rings. The van der Waals surface area contributed by atoms with Crippen molar-refractivity contribution in [1.29, 1.82) is 0 Å². The van der Waals surface area contributed by atoms with E-state index in [1.54, 1.807) is 0 Å². The van der Waals surface area contributed by atoms with Gasteiger partial charge in [0.25, 0.3) is 0 Å². The number of hydrogen-bond acceptors (Lipinski definition) is 3. The van der Waals surface area contributed by atoms with Gasteiger partial charge in [-0.05, 0) is 20.3 Å². The third-order valence-electron chi connectivity index (χ3n) is 2.67. The maximum Gasteiger partial charge on any atom is 0.0951 e. The van der Waals surface area contributed by atoms with Crippen LogP contribution in [0.2, 0.25) is 0 Å². The van der Waals surface area contributed by atoms with Crippen LogP contribution >= 0.6 is 0 Å². The molecule has 5 heteroatoms. The van der Waals surface area contributed by atoms with Crippen LogP contribution in [-0.4, -0.2) is 24.9 Å². The minimum Gasteiger partial charge on any atom is -0.329 e. The van der Waals surface area contributed by atoms with Crippen LogP contribution < -0.4 is 5.73 Å². The molecule has 0 saturated heterocycles. The van der Waals surface area contributed by atoms with E-state index in [1.807, 2.05) is 37.3 Å². The Morgan fingerprint density at radius 2 is 2.11 bits per heavy atom. The monoisotopic (exact) mass is 247 g/mol. The molecule has 0 aromatic carbocycles. The lowest BCUT2D eigenvalue weighted by molar-refractivity contribution is 0.436. The highest BCUT2D eigenvalue weighted by Gasteiger charge is 2.15. The van der Waals surface area contributed by atoms with Crippen molar-refractivity contribution in [2.75, 3.05) is 0 Å². The predicted octanol–water partition coefficient (Wildman–Crippen LogP) is 1.89. The first-order valence-corrected chi connectivity index (χ1v) is 6.31. The molecule has 0 bridgehead atoms. The average molecular weight is 247 g/mol. The molecule has 18 heavy (non-hydrogen) atoms. The summed E-state index contributed by atoms with van der Waals surface area (Å²) < 4.78 is 4.04. The summed E-state index contributed by atoms with van der Waals surface area (Å²) in [6, 6.07) is 0. The Labute approximate surface area is 108 Å². The Kier molecular flexibility index (Phi) is 3.52. The summed E-state index contributed by atoms with van der Waals surface area (Å²) in [6.45, 7) is 7.84. The van der Waals surface area contributed by atoms with Crippen molar-refractivity contribution in [3.8, 4) is 11.3 Å². The molecule has 0 saturated carbocycles. The van der Waals surface area contributed by atoms with E-state index in [0.717, 1.165) is 30.8 Å². The van der Waals surface area contributed by atoms with Gasteiger partial charge < -0.3 is 10.3 Å². The summed E-state index contributed by atoms with van der Waals surface area (Å²) in [6.07, 6.45) is 8.70. The Morgan fingerprint density at radius 1 is 1.33 bits per heavy atom. The fourth-order valence-corrected chi connectivity index (χ4v) is 1.97. The van der Waals surface area contributed by atoms with Crippen molar-refractivity contribution in [1.82, 2.24) is 19.3 Å². The topological polar surface area (TPSA) is 61.7 Å². The predicted molar refractivity (Wildman–Crippen MR) is 72.0 cm³/mol. The molecule has 2 aromatic heterocycles. The molecule has 2 N–H and O–H groups in total. The summed E-state index contributed by atoms with van der Waals surface area (Å²) in [5.41, 5.74) is 7.96. The number of hydrogen-bond donors (Lipinski definition) is 1. The summed E-state index contributed by atoms with van der Waals surface area (Å²) >= 11 is 0. The maximum absolute atomic E-state index is 6.06. The first kappa shape index (κ1) is 12.8. The molecule has 0 radical (unpaired) electrons. The number of nitrogens with two attached hydrogens (primary N) is 1. The van der Waals surface area contributed by atoms with E-state index in [-0.39, 0.29) is 5.54 Å². The fraction of sp³-hybridized carbons (Fsp3) is 0.538. The van der Waals surface area contributed by atoms with Crippen LogP contribution in [0.5, 0.6) is 0 Å². The minimum atomic E-state index is -0.255. The lowest BCUT2D eigenvalue weighted by Crippen LogP contribution is -2.37. The molecule has 0 unspecified atom stereocenters. The standard InChI is InChI=1S/C13H21N5/c1-4-5-18-8-11(6-16-18)12-7-15-10-17(12)9-13(2,3)14/h6-8,10H,4-5,9,14H2,1-3H3. The number of imidazole rings is 1. The zero-order chi connectivity index (χ0) is 13.2. The number of aromatic nitrogens is 4. The Hall–Kier alpha value is -1.62. The van der Waals surface area contributed by atoms with Gasteiger partial charge in [-0.2, -0.15) is 5.10 Å². The van der Waals surface area contributed by atoms with Gasteiger partial charge in [0.2, 0.25) is 0 Å². The van der Waals surface area contributed by atoms with Crippen molar-refractivity contribution in [3.05, 3.63) is 24.9 Å². The number of aryl methyl sites for hydroxylation is 1. The van der Waals surface area contributed by atoms with Crippen LogP contribution in [0.3, 0.4) is 0 Å². The summed E-state index contributed by atoms with van der Waals surface area (Å²) in [7, 11) is 0. The first-order chi connectivity index (χ1) is 8.49. The minimum absolute atomic E-state index is 0.255. The van der Waals surface area contributed by atoms with Crippen molar-refractivity contribution in [2.45, 2.75) is 45.8 Å². The van der Waals surface area contributed by atoms with Crippen molar-refractivity contribution < 1.29 is 0 Å². The molecule has 0 aliphatic rings. The highest BCUT2D eigenvalue weighted by molar-refractivity contribution is 5.56. The lowest BCUT2D eigenvalue weighted by Gasteiger charge is -2.20. The van der Waals surface area contributed by atoms with E-state index in [0.29, 0.717) is 0 Å². The van der Waals surface area contributed by atoms with Crippen LogP contribution in [0, 0.1) is 0 Å². The van der Waals surface area contributed by atoms with Gasteiger partial charge in [-0.1, -0.05) is 6.92 Å². The fourth-order valence-electron chi connectivity index (χ4n) is 1.97. The van der Waals surface area contributed by atoms with Crippen LogP contribution in [0.4, 0.5) is 0 Å². The van der Waals surface area contributed by atoms with E-state index < -0.39 is 0 Å². The third kappa shape index (κ3) is 2.98. The van der Waals surface area contributed by atoms with E-state index >= 15 is 0 Å². The molecule has 0 spiro atoms. The molecule has 98 valence electrons. The molecule has 0 aliphatic carbocycles. The van der Waals surface area contributed by atoms with Gasteiger partial charge in [0, 0.05) is 30.4 Å². The van der Waals surface area contributed by atoms with Crippen LogP contribution in [0.15, 0.2) is 24.9 Å².